The van der Waals surface area contributed by atoms with E-state index in [1.54, 1.807) is 7.05 Å². The molecule has 1 rings (SSSR count). The molecule has 0 N–H and O–H groups in total. The second kappa shape index (κ2) is 13.3. The van der Waals surface area contributed by atoms with Crippen molar-refractivity contribution in [3.63, 3.8) is 0 Å². The van der Waals surface area contributed by atoms with Gasteiger partial charge in [0.05, 0.1) is 12.7 Å². The Bertz CT molecular complexity index is 718. The number of ketones is 1. The van der Waals surface area contributed by atoms with Crippen molar-refractivity contribution in [1.82, 2.24) is 9.13 Å². The van der Waals surface area contributed by atoms with Gasteiger partial charge in [-0.2, -0.15) is 0 Å². The number of nitrogens with zero attached hydrogens (tertiary/aromatic N) is 2. The normalized spacial score (nSPS) is 11.0. The van der Waals surface area contributed by atoms with Gasteiger partial charge in [0, 0.05) is 26.9 Å². The Hall–Kier alpha value is -1.85. The highest BCUT2D eigenvalue weighted by Gasteiger charge is 2.18. The van der Waals surface area contributed by atoms with Crippen LogP contribution < -0.4 is 16.0 Å². The molecule has 0 aliphatic rings. The summed E-state index contributed by atoms with van der Waals surface area (Å²) in [4.78, 5) is 36.6. The van der Waals surface area contributed by atoms with Crippen molar-refractivity contribution in [3.05, 3.63) is 26.4 Å². The molecular formula is C22H38N2O4. The number of unbranched alkanes of at least 4 members (excludes halogenated alkanes) is 10. The van der Waals surface area contributed by atoms with Crippen LogP contribution in [0.15, 0.2) is 9.59 Å². The second-order valence-corrected chi connectivity index (χ2v) is 7.69. The van der Waals surface area contributed by atoms with Crippen molar-refractivity contribution in [3.8, 4) is 5.88 Å². The number of methoxy groups -OCH3 is 1. The lowest BCUT2D eigenvalue weighted by Crippen LogP contribution is -2.40. The number of carbonyl (C=O) groups excluding carboxylic acids is 1. The summed E-state index contributed by atoms with van der Waals surface area (Å²) >= 11 is 0. The third-order valence-electron chi connectivity index (χ3n) is 5.33. The van der Waals surface area contributed by atoms with Crippen molar-refractivity contribution in [1.29, 1.82) is 0 Å². The zero-order valence-electron chi connectivity index (χ0n) is 18.2. The maximum atomic E-state index is 12.3. The van der Waals surface area contributed by atoms with E-state index < -0.39 is 11.2 Å². The molecule has 0 radical (unpaired) electrons. The molecule has 1 aromatic heterocycles. The molecule has 0 spiro atoms. The first-order valence-corrected chi connectivity index (χ1v) is 10.8. The topological polar surface area (TPSA) is 70.3 Å². The Morgan fingerprint density at radius 1 is 0.821 bits per heavy atom. The van der Waals surface area contributed by atoms with Gasteiger partial charge in [-0.3, -0.25) is 18.7 Å². The third kappa shape index (κ3) is 7.64. The quantitative estimate of drug-likeness (QED) is 0.423. The van der Waals surface area contributed by atoms with E-state index in [-0.39, 0.29) is 23.6 Å². The van der Waals surface area contributed by atoms with Crippen molar-refractivity contribution >= 4 is 5.78 Å². The predicted octanol–water partition coefficient (Wildman–Crippen LogP) is 3.91. The fraction of sp³-hybridized carbons (Fsp3) is 0.773. The van der Waals surface area contributed by atoms with Gasteiger partial charge in [-0.1, -0.05) is 71.1 Å². The molecule has 0 aliphatic carbocycles. The molecule has 0 saturated heterocycles. The number of hydrogen-bond acceptors (Lipinski definition) is 4. The maximum Gasteiger partial charge on any atom is 0.333 e. The summed E-state index contributed by atoms with van der Waals surface area (Å²) in [5.41, 5.74) is -0.643. The van der Waals surface area contributed by atoms with Gasteiger partial charge in [0.25, 0.3) is 5.56 Å². The van der Waals surface area contributed by atoms with E-state index in [4.69, 9.17) is 4.74 Å². The second-order valence-electron chi connectivity index (χ2n) is 7.69. The van der Waals surface area contributed by atoms with Gasteiger partial charge in [-0.25, -0.2) is 4.79 Å². The largest absolute Gasteiger partial charge is 0.482 e. The highest BCUT2D eigenvalue weighted by molar-refractivity contribution is 5.81. The summed E-state index contributed by atoms with van der Waals surface area (Å²) in [6, 6.07) is 0. The predicted molar refractivity (Wildman–Crippen MR) is 113 cm³/mol. The summed E-state index contributed by atoms with van der Waals surface area (Å²) < 4.78 is 7.49. The summed E-state index contributed by atoms with van der Waals surface area (Å²) in [6.45, 7) is 2.24. The van der Waals surface area contributed by atoms with Crippen molar-refractivity contribution in [2.24, 2.45) is 14.1 Å². The molecule has 0 atom stereocenters. The van der Waals surface area contributed by atoms with E-state index in [9.17, 15) is 14.4 Å². The molecule has 0 aromatic carbocycles. The molecule has 0 fully saturated rings. The van der Waals surface area contributed by atoms with Gasteiger partial charge in [0.1, 0.15) is 5.78 Å². The van der Waals surface area contributed by atoms with E-state index in [0.717, 1.165) is 23.8 Å². The molecule has 0 amide bonds. The van der Waals surface area contributed by atoms with Crippen LogP contribution in [0, 0.1) is 0 Å². The SMILES string of the molecule is CCCCCCCCCCCCCC(=O)Cc1c(OC)n(C)c(=O)n(C)c1=O. The van der Waals surface area contributed by atoms with Crippen LogP contribution in [-0.2, 0) is 25.3 Å². The van der Waals surface area contributed by atoms with Gasteiger partial charge < -0.3 is 4.74 Å². The molecule has 0 unspecified atom stereocenters. The Labute approximate surface area is 168 Å². The average Bonchev–Trinajstić information content (AvgIpc) is 2.69. The van der Waals surface area contributed by atoms with Crippen LogP contribution in [0.4, 0.5) is 0 Å². The number of ether oxygens (including phenoxy) is 1. The van der Waals surface area contributed by atoms with E-state index in [1.807, 2.05) is 0 Å². The lowest BCUT2D eigenvalue weighted by atomic mass is 10.0. The summed E-state index contributed by atoms with van der Waals surface area (Å²) in [5.74, 6) is 0.199. The number of carbonyl (C=O) groups is 1. The highest BCUT2D eigenvalue weighted by atomic mass is 16.5. The zero-order valence-corrected chi connectivity index (χ0v) is 18.2. The zero-order chi connectivity index (χ0) is 20.9. The van der Waals surface area contributed by atoms with Crippen LogP contribution in [0.25, 0.3) is 0 Å². The Kier molecular flexibility index (Phi) is 11.5. The van der Waals surface area contributed by atoms with Crippen LogP contribution in [0.1, 0.15) is 89.5 Å². The van der Waals surface area contributed by atoms with E-state index in [1.165, 1.54) is 70.1 Å². The molecule has 28 heavy (non-hydrogen) atoms. The Morgan fingerprint density at radius 2 is 1.32 bits per heavy atom. The van der Waals surface area contributed by atoms with Gasteiger partial charge >= 0.3 is 5.69 Å². The van der Waals surface area contributed by atoms with Crippen LogP contribution >= 0.6 is 0 Å². The molecule has 0 aliphatic heterocycles. The van der Waals surface area contributed by atoms with E-state index >= 15 is 0 Å². The molecular weight excluding hydrogens is 356 g/mol. The smallest absolute Gasteiger partial charge is 0.333 e. The Morgan fingerprint density at radius 3 is 1.82 bits per heavy atom. The minimum atomic E-state index is -0.455. The van der Waals surface area contributed by atoms with Crippen LogP contribution in [-0.4, -0.2) is 22.0 Å². The fourth-order valence-electron chi connectivity index (χ4n) is 3.58. The molecule has 0 saturated carbocycles. The van der Waals surface area contributed by atoms with Crippen LogP contribution in [0.5, 0.6) is 5.88 Å². The van der Waals surface area contributed by atoms with Crippen LogP contribution in [0.3, 0.4) is 0 Å². The highest BCUT2D eigenvalue weighted by Crippen LogP contribution is 2.15. The minimum Gasteiger partial charge on any atom is -0.482 e. The van der Waals surface area contributed by atoms with Crippen LogP contribution in [0.2, 0.25) is 0 Å². The number of rotatable bonds is 15. The first-order chi connectivity index (χ1) is 13.4. The monoisotopic (exact) mass is 394 g/mol. The van der Waals surface area contributed by atoms with E-state index in [2.05, 4.69) is 6.92 Å². The Balaban J connectivity index is 2.31. The molecule has 6 nitrogen and oxygen atoms in total. The van der Waals surface area contributed by atoms with E-state index in [0.29, 0.717) is 6.42 Å². The lowest BCUT2D eigenvalue weighted by Gasteiger charge is -2.13. The maximum absolute atomic E-state index is 12.3. The number of hydrogen-bond donors (Lipinski definition) is 0. The first kappa shape index (κ1) is 24.2. The molecule has 1 heterocycles. The third-order valence-corrected chi connectivity index (χ3v) is 5.33. The molecule has 6 heteroatoms. The summed E-state index contributed by atoms with van der Waals surface area (Å²) in [7, 11) is 4.37. The van der Waals surface area contributed by atoms with Crippen molar-refractivity contribution in [2.45, 2.75) is 90.4 Å². The van der Waals surface area contributed by atoms with Crippen molar-refractivity contribution in [2.75, 3.05) is 7.11 Å². The standard InChI is InChI=1S/C22H38N2O4/c1-5-6-7-8-9-10-11-12-13-14-15-16-18(25)17-19-20(26)23(2)22(27)24(3)21(19)28-4/h5-17H2,1-4H3. The molecule has 0 bridgehead atoms. The number of aromatic nitrogens is 2. The molecule has 1 aromatic rings. The lowest BCUT2D eigenvalue weighted by molar-refractivity contribution is -0.118. The minimum absolute atomic E-state index is 0.0156. The van der Waals surface area contributed by atoms with Gasteiger partial charge in [0.2, 0.25) is 5.88 Å². The summed E-state index contributed by atoms with van der Waals surface area (Å²) in [5, 5.41) is 0. The van der Waals surface area contributed by atoms with Gasteiger partial charge in [0.15, 0.2) is 0 Å². The number of Topliss-reactive ketones (excluding diaryl/α,β-unsaturated/α-hetero) is 1. The van der Waals surface area contributed by atoms with Gasteiger partial charge in [-0.05, 0) is 6.42 Å². The molecule has 160 valence electrons. The van der Waals surface area contributed by atoms with Crippen molar-refractivity contribution < 1.29 is 9.53 Å². The van der Waals surface area contributed by atoms with Gasteiger partial charge in [-0.15, -0.1) is 0 Å². The average molecular weight is 395 g/mol. The first-order valence-electron chi connectivity index (χ1n) is 10.8. The fourth-order valence-corrected chi connectivity index (χ4v) is 3.58. The summed E-state index contributed by atoms with van der Waals surface area (Å²) in [6.07, 6.45) is 14.1.